The molecule has 0 saturated heterocycles. The molecular formula is C14H16BrFN2O. The monoisotopic (exact) mass is 326 g/mol. The summed E-state index contributed by atoms with van der Waals surface area (Å²) < 4.78 is 19.3. The summed E-state index contributed by atoms with van der Waals surface area (Å²) in [5, 5.41) is 3.30. The first kappa shape index (κ1) is 14.2. The highest BCUT2D eigenvalue weighted by molar-refractivity contribution is 9.10. The number of nitrogens with zero attached hydrogens (tertiary/aromatic N) is 1. The van der Waals surface area contributed by atoms with Crippen molar-refractivity contribution in [3.8, 4) is 0 Å². The Balaban J connectivity index is 1.98. The van der Waals surface area contributed by atoms with Gasteiger partial charge in [0, 0.05) is 16.9 Å². The Kier molecular flexibility index (Phi) is 4.71. The van der Waals surface area contributed by atoms with Crippen LogP contribution in [-0.2, 0) is 13.0 Å². The maximum atomic E-state index is 13.0. The van der Waals surface area contributed by atoms with Crippen LogP contribution in [0, 0.1) is 5.82 Å². The SMILES string of the molecule is CCc1cnc(CNC(C)c2ccc(F)cc2Br)o1. The van der Waals surface area contributed by atoms with E-state index in [2.05, 4.69) is 26.2 Å². The Morgan fingerprint density at radius 3 is 2.89 bits per heavy atom. The quantitative estimate of drug-likeness (QED) is 0.902. The molecule has 1 atom stereocenters. The Morgan fingerprint density at radius 1 is 1.47 bits per heavy atom. The maximum absolute atomic E-state index is 13.0. The second-order valence-electron chi connectivity index (χ2n) is 4.34. The fourth-order valence-electron chi connectivity index (χ4n) is 1.80. The van der Waals surface area contributed by atoms with Gasteiger partial charge in [0.15, 0.2) is 0 Å². The molecule has 0 aliphatic heterocycles. The number of hydrogen-bond donors (Lipinski definition) is 1. The van der Waals surface area contributed by atoms with E-state index in [0.717, 1.165) is 22.2 Å². The van der Waals surface area contributed by atoms with Crippen LogP contribution in [0.25, 0.3) is 0 Å². The topological polar surface area (TPSA) is 38.1 Å². The van der Waals surface area contributed by atoms with Crippen LogP contribution in [0.4, 0.5) is 4.39 Å². The van der Waals surface area contributed by atoms with Crippen molar-refractivity contribution in [3.05, 3.63) is 51.9 Å². The van der Waals surface area contributed by atoms with E-state index in [-0.39, 0.29) is 11.9 Å². The highest BCUT2D eigenvalue weighted by Gasteiger charge is 2.11. The molecule has 0 fully saturated rings. The molecule has 1 aromatic carbocycles. The third kappa shape index (κ3) is 3.64. The summed E-state index contributed by atoms with van der Waals surface area (Å²) in [6.45, 7) is 4.59. The van der Waals surface area contributed by atoms with Gasteiger partial charge >= 0.3 is 0 Å². The summed E-state index contributed by atoms with van der Waals surface area (Å²) in [6.07, 6.45) is 2.58. The van der Waals surface area contributed by atoms with Gasteiger partial charge < -0.3 is 9.73 Å². The number of rotatable bonds is 5. The number of nitrogens with one attached hydrogen (secondary N) is 1. The van der Waals surface area contributed by atoms with E-state index in [4.69, 9.17) is 4.42 Å². The summed E-state index contributed by atoms with van der Waals surface area (Å²) >= 11 is 3.37. The molecule has 2 aromatic rings. The summed E-state index contributed by atoms with van der Waals surface area (Å²) in [7, 11) is 0. The smallest absolute Gasteiger partial charge is 0.208 e. The van der Waals surface area contributed by atoms with Gasteiger partial charge in [-0.3, -0.25) is 0 Å². The Labute approximate surface area is 120 Å². The van der Waals surface area contributed by atoms with Crippen LogP contribution in [-0.4, -0.2) is 4.98 Å². The Hall–Kier alpha value is -1.20. The lowest BCUT2D eigenvalue weighted by Crippen LogP contribution is -2.18. The van der Waals surface area contributed by atoms with Gasteiger partial charge in [-0.2, -0.15) is 0 Å². The fraction of sp³-hybridized carbons (Fsp3) is 0.357. The first-order valence-corrected chi connectivity index (χ1v) is 7.01. The molecule has 1 heterocycles. The Morgan fingerprint density at radius 2 is 2.26 bits per heavy atom. The fourth-order valence-corrected chi connectivity index (χ4v) is 2.49. The average molecular weight is 327 g/mol. The Bertz CT molecular complexity index is 556. The highest BCUT2D eigenvalue weighted by atomic mass is 79.9. The van der Waals surface area contributed by atoms with Crippen molar-refractivity contribution in [2.24, 2.45) is 0 Å². The van der Waals surface area contributed by atoms with Crippen molar-refractivity contribution in [1.82, 2.24) is 10.3 Å². The highest BCUT2D eigenvalue weighted by Crippen LogP contribution is 2.24. The van der Waals surface area contributed by atoms with Gasteiger partial charge in [-0.05, 0) is 24.6 Å². The van der Waals surface area contributed by atoms with Crippen molar-refractivity contribution >= 4 is 15.9 Å². The van der Waals surface area contributed by atoms with Crippen LogP contribution in [0.15, 0.2) is 33.3 Å². The van der Waals surface area contributed by atoms with Gasteiger partial charge in [-0.15, -0.1) is 0 Å². The average Bonchev–Trinajstić information content (AvgIpc) is 2.84. The molecule has 0 bridgehead atoms. The number of hydrogen-bond acceptors (Lipinski definition) is 3. The molecule has 1 N–H and O–H groups in total. The molecule has 0 saturated carbocycles. The molecule has 0 spiro atoms. The number of aromatic nitrogens is 1. The number of halogens is 2. The van der Waals surface area contributed by atoms with E-state index in [1.165, 1.54) is 12.1 Å². The molecule has 2 rings (SSSR count). The van der Waals surface area contributed by atoms with Gasteiger partial charge in [-0.1, -0.05) is 28.9 Å². The summed E-state index contributed by atoms with van der Waals surface area (Å²) in [4.78, 5) is 4.19. The van der Waals surface area contributed by atoms with Gasteiger partial charge in [-0.25, -0.2) is 9.37 Å². The molecule has 0 radical (unpaired) electrons. The molecular weight excluding hydrogens is 311 g/mol. The minimum atomic E-state index is -0.247. The summed E-state index contributed by atoms with van der Waals surface area (Å²) in [6, 6.07) is 4.77. The van der Waals surface area contributed by atoms with E-state index in [1.54, 1.807) is 12.3 Å². The van der Waals surface area contributed by atoms with E-state index in [0.29, 0.717) is 12.4 Å². The molecule has 0 aliphatic carbocycles. The molecule has 1 aromatic heterocycles. The van der Waals surface area contributed by atoms with Crippen LogP contribution >= 0.6 is 15.9 Å². The van der Waals surface area contributed by atoms with Gasteiger partial charge in [0.05, 0.1) is 12.7 Å². The maximum Gasteiger partial charge on any atom is 0.208 e. The normalized spacial score (nSPS) is 12.6. The number of benzene rings is 1. The van der Waals surface area contributed by atoms with Gasteiger partial charge in [0.2, 0.25) is 5.89 Å². The zero-order chi connectivity index (χ0) is 13.8. The van der Waals surface area contributed by atoms with E-state index < -0.39 is 0 Å². The van der Waals surface area contributed by atoms with Crippen LogP contribution < -0.4 is 5.32 Å². The second kappa shape index (κ2) is 6.30. The first-order valence-electron chi connectivity index (χ1n) is 6.22. The molecule has 19 heavy (non-hydrogen) atoms. The predicted octanol–water partition coefficient (Wildman–Crippen LogP) is 3.99. The van der Waals surface area contributed by atoms with E-state index in [1.807, 2.05) is 13.8 Å². The van der Waals surface area contributed by atoms with Crippen molar-refractivity contribution < 1.29 is 8.81 Å². The van der Waals surface area contributed by atoms with Gasteiger partial charge in [0.1, 0.15) is 11.6 Å². The minimum Gasteiger partial charge on any atom is -0.444 e. The predicted molar refractivity (Wildman–Crippen MR) is 75.2 cm³/mol. The van der Waals surface area contributed by atoms with Crippen LogP contribution in [0.3, 0.4) is 0 Å². The van der Waals surface area contributed by atoms with Crippen LogP contribution in [0.5, 0.6) is 0 Å². The summed E-state index contributed by atoms with van der Waals surface area (Å²) in [5.41, 5.74) is 1.00. The lowest BCUT2D eigenvalue weighted by atomic mass is 10.1. The van der Waals surface area contributed by atoms with E-state index >= 15 is 0 Å². The van der Waals surface area contributed by atoms with Crippen molar-refractivity contribution in [2.75, 3.05) is 0 Å². The molecule has 0 amide bonds. The molecule has 102 valence electrons. The lowest BCUT2D eigenvalue weighted by Gasteiger charge is -2.14. The van der Waals surface area contributed by atoms with Crippen LogP contribution in [0.2, 0.25) is 0 Å². The molecule has 0 aliphatic rings. The third-order valence-corrected chi connectivity index (χ3v) is 3.63. The van der Waals surface area contributed by atoms with Crippen molar-refractivity contribution in [1.29, 1.82) is 0 Å². The number of aryl methyl sites for hydroxylation is 1. The van der Waals surface area contributed by atoms with E-state index in [9.17, 15) is 4.39 Å². The van der Waals surface area contributed by atoms with Gasteiger partial charge in [0.25, 0.3) is 0 Å². The molecule has 1 unspecified atom stereocenters. The van der Waals surface area contributed by atoms with Crippen molar-refractivity contribution in [3.63, 3.8) is 0 Å². The summed E-state index contributed by atoms with van der Waals surface area (Å²) in [5.74, 6) is 1.30. The zero-order valence-corrected chi connectivity index (χ0v) is 12.5. The largest absolute Gasteiger partial charge is 0.444 e. The van der Waals surface area contributed by atoms with Crippen molar-refractivity contribution in [2.45, 2.75) is 32.9 Å². The second-order valence-corrected chi connectivity index (χ2v) is 5.20. The number of oxazole rings is 1. The molecule has 5 heteroatoms. The minimum absolute atomic E-state index is 0.0759. The molecule has 3 nitrogen and oxygen atoms in total. The van der Waals surface area contributed by atoms with Crippen LogP contribution in [0.1, 0.15) is 37.1 Å². The standard InChI is InChI=1S/C14H16BrFN2O/c1-3-11-7-18-14(19-11)8-17-9(2)12-5-4-10(16)6-13(12)15/h4-7,9,17H,3,8H2,1-2H3. The third-order valence-electron chi connectivity index (χ3n) is 2.94. The first-order chi connectivity index (χ1) is 9.10. The zero-order valence-electron chi connectivity index (χ0n) is 10.9. The lowest BCUT2D eigenvalue weighted by molar-refractivity contribution is 0.424.